The van der Waals surface area contributed by atoms with Gasteiger partial charge in [-0.2, -0.15) is 0 Å². The average molecular weight is 579 g/mol. The van der Waals surface area contributed by atoms with Crippen LogP contribution in [0.4, 0.5) is 0 Å². The molecule has 0 aliphatic carbocycles. The van der Waals surface area contributed by atoms with Crippen LogP contribution in [-0.4, -0.2) is 61.9 Å². The van der Waals surface area contributed by atoms with E-state index in [2.05, 4.69) is 26.3 Å². The van der Waals surface area contributed by atoms with Crippen molar-refractivity contribution in [1.82, 2.24) is 0 Å². The number of ketones is 1. The summed E-state index contributed by atoms with van der Waals surface area (Å²) < 4.78 is 31.7. The van der Waals surface area contributed by atoms with Crippen LogP contribution in [0.3, 0.4) is 0 Å². The zero-order chi connectivity index (χ0) is 31.1. The number of hydrogen-bond acceptors (Lipinski definition) is 11. The summed E-state index contributed by atoms with van der Waals surface area (Å²) in [6, 6.07) is 10.9. The first-order valence-electron chi connectivity index (χ1n) is 12.4. The molecule has 0 aliphatic rings. The second-order valence-electron chi connectivity index (χ2n) is 8.28. The molecule has 0 bridgehead atoms. The van der Waals surface area contributed by atoms with E-state index >= 15 is 0 Å². The maximum atomic E-state index is 13.5. The van der Waals surface area contributed by atoms with Crippen LogP contribution in [0.15, 0.2) is 93.1 Å². The molecule has 220 valence electrons. The predicted molar refractivity (Wildman–Crippen MR) is 150 cm³/mol. The Bertz CT molecular complexity index is 1340. The zero-order valence-corrected chi connectivity index (χ0v) is 22.9. The number of esters is 4. The lowest BCUT2D eigenvalue weighted by atomic mass is 10.0. The summed E-state index contributed by atoms with van der Waals surface area (Å²) >= 11 is 0. The van der Waals surface area contributed by atoms with E-state index in [9.17, 15) is 24.0 Å². The molecule has 2 unspecified atom stereocenters. The first-order chi connectivity index (χ1) is 20.1. The lowest BCUT2D eigenvalue weighted by Crippen LogP contribution is -2.30. The van der Waals surface area contributed by atoms with Crippen molar-refractivity contribution in [1.29, 1.82) is 0 Å². The van der Waals surface area contributed by atoms with Crippen molar-refractivity contribution in [2.24, 2.45) is 0 Å². The van der Waals surface area contributed by atoms with Gasteiger partial charge in [0.05, 0.1) is 5.56 Å². The minimum absolute atomic E-state index is 0.0325. The third kappa shape index (κ3) is 10.6. The Balaban J connectivity index is 2.40. The third-order valence-corrected chi connectivity index (χ3v) is 5.17. The molecule has 0 radical (unpaired) electrons. The maximum Gasteiger partial charge on any atom is 0.333 e. The van der Waals surface area contributed by atoms with Crippen molar-refractivity contribution in [3.8, 4) is 11.5 Å². The Labute approximate surface area is 242 Å². The second-order valence-corrected chi connectivity index (χ2v) is 8.28. The molecule has 2 rings (SSSR count). The zero-order valence-electron chi connectivity index (χ0n) is 22.9. The molecular weight excluding hydrogens is 548 g/mol. The van der Waals surface area contributed by atoms with E-state index in [0.717, 1.165) is 29.9 Å². The van der Waals surface area contributed by atoms with E-state index < -0.39 is 48.7 Å². The van der Waals surface area contributed by atoms with Crippen LogP contribution in [0, 0.1) is 6.92 Å². The monoisotopic (exact) mass is 578 g/mol. The molecule has 11 heteroatoms. The van der Waals surface area contributed by atoms with E-state index in [1.54, 1.807) is 24.3 Å². The topological polar surface area (TPSA) is 141 Å². The van der Waals surface area contributed by atoms with Gasteiger partial charge in [0.15, 0.2) is 18.5 Å². The van der Waals surface area contributed by atoms with E-state index in [4.69, 9.17) is 28.4 Å². The second kappa shape index (κ2) is 16.6. The van der Waals surface area contributed by atoms with Crippen LogP contribution in [0.1, 0.15) is 21.5 Å². The van der Waals surface area contributed by atoms with Crippen molar-refractivity contribution in [2.45, 2.75) is 19.3 Å². The summed E-state index contributed by atoms with van der Waals surface area (Å²) in [5.41, 5.74) is 1.29. The van der Waals surface area contributed by atoms with Crippen LogP contribution in [0.2, 0.25) is 0 Å². The first kappa shape index (κ1) is 32.8. The summed E-state index contributed by atoms with van der Waals surface area (Å²) in [6.45, 7) is 14.0. The van der Waals surface area contributed by atoms with Crippen molar-refractivity contribution in [3.05, 3.63) is 110 Å². The summed E-state index contributed by atoms with van der Waals surface area (Å²) in [5.74, 6) is -3.47. The number of aryl methyl sites for hydroxylation is 1. The highest BCUT2D eigenvalue weighted by molar-refractivity contribution is 6.11. The fraction of sp³-hybridized carbons (Fsp3) is 0.194. The molecule has 11 nitrogen and oxygen atoms in total. The van der Waals surface area contributed by atoms with Gasteiger partial charge < -0.3 is 28.4 Å². The van der Waals surface area contributed by atoms with Gasteiger partial charge in [0.1, 0.15) is 24.7 Å². The summed E-state index contributed by atoms with van der Waals surface area (Å²) in [7, 11) is 0. The van der Waals surface area contributed by atoms with Gasteiger partial charge >= 0.3 is 23.9 Å². The van der Waals surface area contributed by atoms with Crippen molar-refractivity contribution < 1.29 is 52.4 Å². The molecule has 0 heterocycles. The molecule has 0 saturated heterocycles. The molecule has 0 N–H and O–H groups in total. The van der Waals surface area contributed by atoms with E-state index in [0.29, 0.717) is 5.56 Å². The highest BCUT2D eigenvalue weighted by atomic mass is 16.7. The Morgan fingerprint density at radius 1 is 0.714 bits per heavy atom. The number of carbonyl (C=O) groups is 5. The molecule has 0 saturated carbocycles. The number of carbonyl (C=O) groups excluding carboxylic acids is 5. The molecule has 0 aliphatic heterocycles. The number of rotatable bonds is 17. The molecular formula is C31H30O11. The first-order valence-corrected chi connectivity index (χ1v) is 12.4. The molecule has 42 heavy (non-hydrogen) atoms. The fourth-order valence-electron chi connectivity index (χ4n) is 3.12. The van der Waals surface area contributed by atoms with Crippen LogP contribution >= 0.6 is 0 Å². The number of benzene rings is 2. The van der Waals surface area contributed by atoms with Gasteiger partial charge in [-0.3, -0.25) is 4.79 Å². The smallest absolute Gasteiger partial charge is 0.333 e. The fourth-order valence-corrected chi connectivity index (χ4v) is 3.12. The average Bonchev–Trinajstić information content (AvgIpc) is 3.00. The highest BCUT2D eigenvalue weighted by Gasteiger charge is 2.23. The Morgan fingerprint density at radius 3 is 1.88 bits per heavy atom. The number of ether oxygens (including phenoxy) is 6. The summed E-state index contributed by atoms with van der Waals surface area (Å²) in [4.78, 5) is 60.1. The maximum absolute atomic E-state index is 13.5. The Hall–Kier alpha value is -5.45. The van der Waals surface area contributed by atoms with Gasteiger partial charge in [-0.15, -0.1) is 0 Å². The predicted octanol–water partition coefficient (Wildman–Crippen LogP) is 3.60. The SMILES string of the molecule is C=CC(=O)OCC(COc1ccc(OC(COC(=O)C=C)OC(=O)C=C)cc1C(=O)c1ccc(C)cc1)OC(=O)C=C. The van der Waals surface area contributed by atoms with Gasteiger partial charge in [-0.25, -0.2) is 19.2 Å². The van der Waals surface area contributed by atoms with E-state index in [1.165, 1.54) is 18.2 Å². The lowest BCUT2D eigenvalue weighted by Gasteiger charge is -2.21. The largest absolute Gasteiger partial charge is 0.489 e. The Morgan fingerprint density at radius 2 is 1.29 bits per heavy atom. The lowest BCUT2D eigenvalue weighted by molar-refractivity contribution is -0.170. The van der Waals surface area contributed by atoms with Crippen LogP contribution in [0.25, 0.3) is 0 Å². The van der Waals surface area contributed by atoms with Crippen LogP contribution in [-0.2, 0) is 38.1 Å². The standard InChI is InChI=1S/C31H30O11/c1-6-26(32)38-18-23(40-28(34)8-3)17-37-25-15-14-22(16-24(25)31(36)21-12-10-20(5)11-13-21)41-30(42-29(35)9-4)19-39-27(33)7-2/h6-16,23,30H,1-4,17-19H2,5H3. The van der Waals surface area contributed by atoms with Crippen LogP contribution < -0.4 is 9.47 Å². The van der Waals surface area contributed by atoms with Gasteiger partial charge in [0.2, 0.25) is 0 Å². The quantitative estimate of drug-likeness (QED) is 0.0894. The van der Waals surface area contributed by atoms with Crippen molar-refractivity contribution >= 4 is 29.7 Å². The van der Waals surface area contributed by atoms with Gasteiger partial charge in [-0.05, 0) is 25.1 Å². The van der Waals surface area contributed by atoms with Crippen molar-refractivity contribution in [3.63, 3.8) is 0 Å². The molecule has 0 spiro atoms. The normalized spacial score (nSPS) is 11.5. The van der Waals surface area contributed by atoms with Gasteiger partial charge in [-0.1, -0.05) is 56.1 Å². The summed E-state index contributed by atoms with van der Waals surface area (Å²) in [5, 5.41) is 0. The Kier molecular flexibility index (Phi) is 13.0. The van der Waals surface area contributed by atoms with Gasteiger partial charge in [0, 0.05) is 29.9 Å². The van der Waals surface area contributed by atoms with E-state index in [-0.39, 0.29) is 30.3 Å². The van der Waals surface area contributed by atoms with Crippen molar-refractivity contribution in [2.75, 3.05) is 19.8 Å². The summed E-state index contributed by atoms with van der Waals surface area (Å²) in [6.07, 6.45) is 1.26. The third-order valence-electron chi connectivity index (χ3n) is 5.17. The number of hydrogen-bond donors (Lipinski definition) is 0. The molecule has 2 aromatic rings. The minimum atomic E-state index is -1.39. The molecule has 0 aromatic heterocycles. The molecule has 0 amide bonds. The van der Waals surface area contributed by atoms with E-state index in [1.807, 2.05) is 6.92 Å². The molecule has 2 atom stereocenters. The minimum Gasteiger partial charge on any atom is -0.489 e. The molecule has 2 aromatic carbocycles. The van der Waals surface area contributed by atoms with Gasteiger partial charge in [0.25, 0.3) is 6.29 Å². The molecule has 0 fully saturated rings. The van der Waals surface area contributed by atoms with Crippen LogP contribution in [0.5, 0.6) is 11.5 Å². The highest BCUT2D eigenvalue weighted by Crippen LogP contribution is 2.28.